The Kier molecular flexibility index (Phi) is 14.2. The van der Waals surface area contributed by atoms with Crippen molar-refractivity contribution < 1.29 is 22.6 Å². The van der Waals surface area contributed by atoms with Crippen LogP contribution in [0.3, 0.4) is 0 Å². The van der Waals surface area contributed by atoms with Crippen LogP contribution in [-0.4, -0.2) is 53.6 Å². The number of nitrogens with zero attached hydrogens (tertiary/aromatic N) is 3. The number of aromatic nitrogens is 3. The lowest BCUT2D eigenvalue weighted by Crippen LogP contribution is -2.23. The van der Waals surface area contributed by atoms with Crippen LogP contribution in [0.15, 0.2) is 64.5 Å². The molecule has 0 bridgehead atoms. The number of aromatic amines is 1. The van der Waals surface area contributed by atoms with Gasteiger partial charge in [-0.2, -0.15) is 4.98 Å². The van der Waals surface area contributed by atoms with Gasteiger partial charge in [0, 0.05) is 42.9 Å². The molecule has 0 amide bonds. The van der Waals surface area contributed by atoms with Crippen LogP contribution in [0.25, 0.3) is 16.7 Å². The highest BCUT2D eigenvalue weighted by Gasteiger charge is 2.32. The summed E-state index contributed by atoms with van der Waals surface area (Å²) in [7, 11) is 1.54. The molecule has 11 nitrogen and oxygen atoms in total. The van der Waals surface area contributed by atoms with Gasteiger partial charge in [-0.25, -0.2) is 4.79 Å². The molecular weight excluding hydrogens is 661 g/mol. The van der Waals surface area contributed by atoms with Gasteiger partial charge >= 0.3 is 12.1 Å². The number of guanidine groups is 1. The largest absolute Gasteiger partial charge is 0.573 e. The third-order valence-electron chi connectivity index (χ3n) is 8.02. The van der Waals surface area contributed by atoms with Gasteiger partial charge in [0.05, 0.1) is 11.8 Å². The fourth-order valence-electron chi connectivity index (χ4n) is 5.16. The summed E-state index contributed by atoms with van der Waals surface area (Å²) in [5.74, 6) is -0.0949. The first-order valence-corrected chi connectivity index (χ1v) is 16.9. The topological polar surface area (TPSA) is 172 Å². The van der Waals surface area contributed by atoms with Gasteiger partial charge in [-0.1, -0.05) is 59.7 Å². The number of benzene rings is 2. The number of nitrogens with one attached hydrogen (secondary N) is 2. The quantitative estimate of drug-likeness (QED) is 0.0631. The SMILES string of the molecule is CC(C)(C)c1cc2cn(-c3ccc(CNCCCN=C(N)N)cc3)c(=O)nc2[nH]1.COC(CCCN)c1cc(OC(F)(F)F)cc(C(C)(C)C)c1. The standard InChI is InChI=1S/C21H29N7O.C16H24F3NO2/c1-21(2,3)17-11-15-13-28(20(29)27-18(15)26-17)16-7-5-14(6-8-16)12-24-9-4-10-25-19(22)23;1-15(2,3)12-8-11(14(21-4)6-5-7-20)9-13(10-12)22-16(17,18)19/h5-8,11,13,24H,4,9-10,12H2,1-3H3,(H4,22,23,25)(H,26,27,29);8-10,14H,5-7,20H2,1-4H3. The number of fused-ring (bicyclic) bond motifs is 1. The van der Waals surface area contributed by atoms with Gasteiger partial charge in [-0.15, -0.1) is 13.2 Å². The Morgan fingerprint density at radius 3 is 2.25 bits per heavy atom. The van der Waals surface area contributed by atoms with Crippen molar-refractivity contribution in [2.75, 3.05) is 26.7 Å². The second kappa shape index (κ2) is 17.7. The monoisotopic (exact) mass is 714 g/mol. The Balaban J connectivity index is 0.000000287. The maximum absolute atomic E-state index is 12.5. The Morgan fingerprint density at radius 1 is 1.00 bits per heavy atom. The van der Waals surface area contributed by atoms with E-state index < -0.39 is 6.36 Å². The molecule has 1 atom stereocenters. The van der Waals surface area contributed by atoms with Crippen LogP contribution in [0, 0.1) is 0 Å². The van der Waals surface area contributed by atoms with Crippen LogP contribution >= 0.6 is 0 Å². The van der Waals surface area contributed by atoms with Crippen molar-refractivity contribution in [3.05, 3.63) is 87.6 Å². The van der Waals surface area contributed by atoms with Crippen LogP contribution in [0.1, 0.15) is 89.3 Å². The number of halogens is 3. The van der Waals surface area contributed by atoms with E-state index in [4.69, 9.17) is 21.9 Å². The zero-order valence-corrected chi connectivity index (χ0v) is 30.7. The van der Waals surface area contributed by atoms with E-state index in [1.54, 1.807) is 4.57 Å². The Labute approximate surface area is 297 Å². The minimum atomic E-state index is -4.71. The highest BCUT2D eigenvalue weighted by molar-refractivity contribution is 5.76. The average molecular weight is 715 g/mol. The molecule has 8 N–H and O–H groups in total. The Hall–Kier alpha value is -4.40. The molecule has 0 spiro atoms. The van der Waals surface area contributed by atoms with Crippen molar-refractivity contribution in [2.45, 2.75) is 90.6 Å². The third kappa shape index (κ3) is 13.0. The molecule has 14 heteroatoms. The van der Waals surface area contributed by atoms with Crippen molar-refractivity contribution in [2.24, 2.45) is 22.2 Å². The Bertz CT molecular complexity index is 1780. The van der Waals surface area contributed by atoms with E-state index >= 15 is 0 Å². The smallest absolute Gasteiger partial charge is 0.406 e. The maximum Gasteiger partial charge on any atom is 0.573 e. The third-order valence-corrected chi connectivity index (χ3v) is 8.02. The summed E-state index contributed by atoms with van der Waals surface area (Å²) in [6, 6.07) is 14.6. The van der Waals surface area contributed by atoms with E-state index in [9.17, 15) is 18.0 Å². The molecule has 280 valence electrons. The maximum atomic E-state index is 12.5. The minimum absolute atomic E-state index is 0.0352. The fraction of sp³-hybridized carbons (Fsp3) is 0.486. The lowest BCUT2D eigenvalue weighted by molar-refractivity contribution is -0.274. The van der Waals surface area contributed by atoms with Crippen LogP contribution in [0.2, 0.25) is 0 Å². The molecule has 4 rings (SSSR count). The predicted octanol–water partition coefficient (Wildman–Crippen LogP) is 6.07. The molecule has 2 heterocycles. The summed E-state index contributed by atoms with van der Waals surface area (Å²) >= 11 is 0. The molecule has 0 radical (unpaired) electrons. The molecule has 2 aromatic heterocycles. The highest BCUT2D eigenvalue weighted by Crippen LogP contribution is 2.34. The number of ether oxygens (including phenoxy) is 2. The van der Waals surface area contributed by atoms with Crippen molar-refractivity contribution in [1.29, 1.82) is 0 Å². The predicted molar refractivity (Wildman–Crippen MR) is 197 cm³/mol. The van der Waals surface area contributed by atoms with E-state index in [1.807, 2.05) is 57.3 Å². The summed E-state index contributed by atoms with van der Waals surface area (Å²) in [6.45, 7) is 14.9. The van der Waals surface area contributed by atoms with E-state index in [1.165, 1.54) is 19.2 Å². The molecule has 2 aromatic carbocycles. The van der Waals surface area contributed by atoms with Crippen LogP contribution < -0.4 is 32.9 Å². The molecule has 0 saturated carbocycles. The average Bonchev–Trinajstić information content (AvgIpc) is 3.46. The number of H-pyrrole nitrogens is 1. The molecule has 1 unspecified atom stereocenters. The molecule has 0 saturated heterocycles. The molecular formula is C37H53F3N8O3. The van der Waals surface area contributed by atoms with Gasteiger partial charge in [0.1, 0.15) is 11.4 Å². The first-order valence-electron chi connectivity index (χ1n) is 16.9. The first-order chi connectivity index (χ1) is 23.8. The first kappa shape index (κ1) is 41.0. The van der Waals surface area contributed by atoms with Crippen molar-refractivity contribution in [3.8, 4) is 11.4 Å². The van der Waals surface area contributed by atoms with Crippen molar-refractivity contribution in [1.82, 2.24) is 19.9 Å². The van der Waals surface area contributed by atoms with Crippen molar-refractivity contribution in [3.63, 3.8) is 0 Å². The lowest BCUT2D eigenvalue weighted by atomic mass is 9.85. The minimum Gasteiger partial charge on any atom is -0.406 e. The molecule has 0 fully saturated rings. The van der Waals surface area contributed by atoms with E-state index in [0.29, 0.717) is 30.7 Å². The molecule has 51 heavy (non-hydrogen) atoms. The van der Waals surface area contributed by atoms with Crippen LogP contribution in [-0.2, 0) is 22.1 Å². The lowest BCUT2D eigenvalue weighted by Gasteiger charge is -2.24. The van der Waals surface area contributed by atoms with Gasteiger partial charge in [0.15, 0.2) is 5.96 Å². The van der Waals surface area contributed by atoms with Gasteiger partial charge in [0.25, 0.3) is 0 Å². The van der Waals surface area contributed by atoms with E-state index in [0.717, 1.165) is 53.8 Å². The number of hydrogen-bond donors (Lipinski definition) is 5. The summed E-state index contributed by atoms with van der Waals surface area (Å²) in [5.41, 5.74) is 20.5. The normalized spacial score (nSPS) is 12.7. The number of methoxy groups -OCH3 is 1. The summed E-state index contributed by atoms with van der Waals surface area (Å²) in [4.78, 5) is 23.9. The van der Waals surface area contributed by atoms with Crippen molar-refractivity contribution >= 4 is 17.0 Å². The summed E-state index contributed by atoms with van der Waals surface area (Å²) < 4.78 is 48.6. The number of aliphatic imine (C=N–C) groups is 1. The van der Waals surface area contributed by atoms with Gasteiger partial charge in [0.2, 0.25) is 0 Å². The zero-order chi connectivity index (χ0) is 38.0. The highest BCUT2D eigenvalue weighted by atomic mass is 19.4. The van der Waals surface area contributed by atoms with E-state index in [2.05, 4.69) is 51.9 Å². The Morgan fingerprint density at radius 2 is 1.69 bits per heavy atom. The van der Waals surface area contributed by atoms with Crippen LogP contribution in [0.5, 0.6) is 5.75 Å². The second-order valence-corrected chi connectivity index (χ2v) is 14.4. The summed E-state index contributed by atoms with van der Waals surface area (Å²) in [5, 5.41) is 4.27. The molecule has 4 aromatic rings. The molecule has 0 aliphatic rings. The zero-order valence-electron chi connectivity index (χ0n) is 30.7. The number of nitrogens with two attached hydrogens (primary N) is 3. The summed E-state index contributed by atoms with van der Waals surface area (Å²) in [6.07, 6.45) is -0.938. The van der Waals surface area contributed by atoms with E-state index in [-0.39, 0.29) is 34.3 Å². The number of hydrogen-bond acceptors (Lipinski definition) is 7. The molecule has 0 aliphatic heterocycles. The fourth-order valence-corrected chi connectivity index (χ4v) is 5.16. The van der Waals surface area contributed by atoms with Gasteiger partial charge in [-0.3, -0.25) is 9.56 Å². The van der Waals surface area contributed by atoms with Gasteiger partial charge < -0.3 is 37.0 Å². The number of alkyl halides is 3. The molecule has 0 aliphatic carbocycles. The van der Waals surface area contributed by atoms with Gasteiger partial charge in [-0.05, 0) is 84.8 Å². The number of rotatable bonds is 13. The second-order valence-electron chi connectivity index (χ2n) is 14.4. The van der Waals surface area contributed by atoms with Crippen LogP contribution in [0.4, 0.5) is 13.2 Å².